The molecule has 0 bridgehead atoms. The van der Waals surface area contributed by atoms with Crippen molar-refractivity contribution in [1.29, 1.82) is 0 Å². The lowest BCUT2D eigenvalue weighted by Crippen LogP contribution is -2.12. The van der Waals surface area contributed by atoms with Crippen LogP contribution < -0.4 is 4.74 Å². The quantitative estimate of drug-likeness (QED) is 0.608. The van der Waals surface area contributed by atoms with Gasteiger partial charge in [0.05, 0.1) is 11.9 Å². The summed E-state index contributed by atoms with van der Waals surface area (Å²) in [5, 5.41) is 0. The molecule has 0 aliphatic heterocycles. The molecule has 18 heavy (non-hydrogen) atoms. The van der Waals surface area contributed by atoms with Gasteiger partial charge in [0.2, 0.25) is 0 Å². The summed E-state index contributed by atoms with van der Waals surface area (Å²) in [6.07, 6.45) is 4.92. The molecule has 0 radical (unpaired) electrons. The maximum absolute atomic E-state index is 10.9. The third-order valence-corrected chi connectivity index (χ3v) is 2.99. The van der Waals surface area contributed by atoms with Crippen LogP contribution >= 0.6 is 11.6 Å². The zero-order chi connectivity index (χ0) is 13.4. The van der Waals surface area contributed by atoms with Crippen LogP contribution in [0.1, 0.15) is 12.0 Å². The van der Waals surface area contributed by atoms with Gasteiger partial charge in [-0.15, -0.1) is 11.6 Å². The first kappa shape index (κ1) is 14.8. The van der Waals surface area contributed by atoms with Gasteiger partial charge in [0.15, 0.2) is 9.84 Å². The fourth-order valence-corrected chi connectivity index (χ4v) is 1.57. The molecule has 0 aromatic carbocycles. The van der Waals surface area contributed by atoms with Gasteiger partial charge in [-0.25, -0.2) is 8.42 Å². The maximum atomic E-state index is 10.9. The first-order valence-corrected chi connectivity index (χ1v) is 7.91. The van der Waals surface area contributed by atoms with E-state index < -0.39 is 9.84 Å². The molecule has 6 heteroatoms. The number of halogens is 1. The van der Waals surface area contributed by atoms with E-state index in [2.05, 4.69) is 16.8 Å². The van der Waals surface area contributed by atoms with Crippen LogP contribution in [0.25, 0.3) is 0 Å². The highest BCUT2D eigenvalue weighted by Gasteiger charge is 2.02. The first-order valence-electron chi connectivity index (χ1n) is 5.31. The molecule has 0 atom stereocenters. The fraction of sp³-hybridized carbons (Fsp3) is 0.417. The summed E-state index contributed by atoms with van der Waals surface area (Å²) in [5.74, 6) is 6.77. The third-order valence-electron chi connectivity index (χ3n) is 1.89. The highest BCUT2D eigenvalue weighted by molar-refractivity contribution is 7.90. The van der Waals surface area contributed by atoms with Crippen LogP contribution in [0.5, 0.6) is 5.75 Å². The van der Waals surface area contributed by atoms with E-state index in [1.165, 1.54) is 12.5 Å². The molecule has 0 unspecified atom stereocenters. The van der Waals surface area contributed by atoms with Crippen LogP contribution in [0.3, 0.4) is 0 Å². The number of sulfone groups is 1. The maximum Gasteiger partial charge on any atom is 0.150 e. The van der Waals surface area contributed by atoms with Crippen molar-refractivity contribution in [2.24, 2.45) is 0 Å². The lowest BCUT2D eigenvalue weighted by molar-refractivity contribution is 0.339. The monoisotopic (exact) mass is 287 g/mol. The van der Waals surface area contributed by atoms with Gasteiger partial charge in [-0.2, -0.15) is 0 Å². The van der Waals surface area contributed by atoms with Crippen LogP contribution in [-0.4, -0.2) is 37.9 Å². The summed E-state index contributed by atoms with van der Waals surface area (Å²) in [6, 6.07) is 1.72. The Morgan fingerprint density at radius 1 is 1.44 bits per heavy atom. The van der Waals surface area contributed by atoms with Gasteiger partial charge in [-0.05, 0) is 6.07 Å². The molecule has 1 heterocycles. The zero-order valence-corrected chi connectivity index (χ0v) is 11.6. The minimum absolute atomic E-state index is 0.0187. The number of pyridine rings is 1. The topological polar surface area (TPSA) is 56.3 Å². The molecular formula is C12H14ClNO3S. The predicted molar refractivity (Wildman–Crippen MR) is 71.7 cm³/mol. The van der Waals surface area contributed by atoms with Crippen LogP contribution in [0.2, 0.25) is 0 Å². The molecule has 0 saturated carbocycles. The SMILES string of the molecule is CS(=O)(=O)CCOc1cncc(C#CCCCl)c1. The summed E-state index contributed by atoms with van der Waals surface area (Å²) in [4.78, 5) is 3.97. The van der Waals surface area contributed by atoms with E-state index in [4.69, 9.17) is 16.3 Å². The molecule has 0 aliphatic rings. The van der Waals surface area contributed by atoms with Crippen LogP contribution in [0.4, 0.5) is 0 Å². The summed E-state index contributed by atoms with van der Waals surface area (Å²) >= 11 is 5.51. The molecule has 0 N–H and O–H groups in total. The largest absolute Gasteiger partial charge is 0.491 e. The van der Waals surface area contributed by atoms with Gasteiger partial charge < -0.3 is 4.74 Å². The Labute approximate surface area is 112 Å². The molecular weight excluding hydrogens is 274 g/mol. The van der Waals surface area contributed by atoms with Crippen LogP contribution in [0.15, 0.2) is 18.5 Å². The molecule has 0 amide bonds. The van der Waals surface area contributed by atoms with E-state index in [0.717, 1.165) is 5.56 Å². The van der Waals surface area contributed by atoms with Gasteiger partial charge in [0, 0.05) is 30.3 Å². The minimum Gasteiger partial charge on any atom is -0.491 e. The van der Waals surface area contributed by atoms with E-state index in [9.17, 15) is 8.42 Å². The van der Waals surface area contributed by atoms with Crippen molar-refractivity contribution in [1.82, 2.24) is 4.98 Å². The zero-order valence-electron chi connectivity index (χ0n) is 10.0. The molecule has 0 aliphatic carbocycles. The molecule has 0 spiro atoms. The normalized spacial score (nSPS) is 10.6. The summed E-state index contributed by atoms with van der Waals surface area (Å²) in [7, 11) is -3.01. The molecule has 98 valence electrons. The highest BCUT2D eigenvalue weighted by Crippen LogP contribution is 2.10. The predicted octanol–water partition coefficient (Wildman–Crippen LogP) is 1.49. The van der Waals surface area contributed by atoms with Crippen LogP contribution in [0, 0.1) is 11.8 Å². The number of nitrogens with zero attached hydrogens (tertiary/aromatic N) is 1. The van der Waals surface area contributed by atoms with E-state index in [0.29, 0.717) is 18.1 Å². The Balaban J connectivity index is 2.58. The summed E-state index contributed by atoms with van der Waals surface area (Å²) in [6.45, 7) is 0.110. The van der Waals surface area contributed by atoms with E-state index in [-0.39, 0.29) is 12.4 Å². The number of hydrogen-bond acceptors (Lipinski definition) is 4. The highest BCUT2D eigenvalue weighted by atomic mass is 35.5. The second-order valence-electron chi connectivity index (χ2n) is 3.63. The molecule has 1 aromatic heterocycles. The molecule has 4 nitrogen and oxygen atoms in total. The fourth-order valence-electron chi connectivity index (χ4n) is 1.09. The van der Waals surface area contributed by atoms with Crippen molar-refractivity contribution < 1.29 is 13.2 Å². The minimum atomic E-state index is -3.01. The Kier molecular flexibility index (Phi) is 5.96. The van der Waals surface area contributed by atoms with Gasteiger partial charge >= 0.3 is 0 Å². The third kappa shape index (κ3) is 6.48. The number of aromatic nitrogens is 1. The van der Waals surface area contributed by atoms with E-state index in [1.807, 2.05) is 0 Å². The average molecular weight is 288 g/mol. The van der Waals surface area contributed by atoms with Crippen molar-refractivity contribution in [2.75, 3.05) is 24.5 Å². The standard InChI is InChI=1S/C12H14ClNO3S/c1-18(15,16)7-6-17-12-8-11(9-14-10-12)4-2-3-5-13/h8-10H,3,5-7H2,1H3. The van der Waals surface area contributed by atoms with Gasteiger partial charge in [0.1, 0.15) is 12.4 Å². The number of alkyl halides is 1. The van der Waals surface area contributed by atoms with Crippen molar-refractivity contribution in [3.05, 3.63) is 24.0 Å². The van der Waals surface area contributed by atoms with Crippen molar-refractivity contribution in [2.45, 2.75) is 6.42 Å². The Morgan fingerprint density at radius 3 is 2.89 bits per heavy atom. The summed E-state index contributed by atoms with van der Waals surface area (Å²) in [5.41, 5.74) is 0.719. The smallest absolute Gasteiger partial charge is 0.150 e. The Morgan fingerprint density at radius 2 is 2.22 bits per heavy atom. The Hall–Kier alpha value is -1.25. The lowest BCUT2D eigenvalue weighted by Gasteiger charge is -2.04. The number of ether oxygens (including phenoxy) is 1. The second kappa shape index (κ2) is 7.24. The first-order chi connectivity index (χ1) is 8.51. The van der Waals surface area contributed by atoms with Crippen molar-refractivity contribution in [3.8, 4) is 17.6 Å². The van der Waals surface area contributed by atoms with Crippen molar-refractivity contribution in [3.63, 3.8) is 0 Å². The van der Waals surface area contributed by atoms with E-state index in [1.54, 1.807) is 12.3 Å². The van der Waals surface area contributed by atoms with Gasteiger partial charge in [-0.1, -0.05) is 11.8 Å². The molecule has 1 aromatic rings. The average Bonchev–Trinajstić information content (AvgIpc) is 2.28. The summed E-state index contributed by atoms with van der Waals surface area (Å²) < 4.78 is 27.2. The molecule has 1 rings (SSSR count). The van der Waals surface area contributed by atoms with Gasteiger partial charge in [0.25, 0.3) is 0 Å². The molecule has 0 saturated heterocycles. The van der Waals surface area contributed by atoms with Crippen LogP contribution in [-0.2, 0) is 9.84 Å². The lowest BCUT2D eigenvalue weighted by atomic mass is 10.3. The number of hydrogen-bond donors (Lipinski definition) is 0. The van der Waals surface area contributed by atoms with Crippen molar-refractivity contribution >= 4 is 21.4 Å². The number of rotatable bonds is 5. The Bertz CT molecular complexity index is 546. The molecule has 0 fully saturated rings. The van der Waals surface area contributed by atoms with E-state index >= 15 is 0 Å². The van der Waals surface area contributed by atoms with Gasteiger partial charge in [-0.3, -0.25) is 4.98 Å². The second-order valence-corrected chi connectivity index (χ2v) is 6.27.